The molecule has 0 spiro atoms. The first kappa shape index (κ1) is 26.6. The molecule has 3 rings (SSSR count). The molecule has 0 bridgehead atoms. The quantitative estimate of drug-likeness (QED) is 0.199. The Morgan fingerprint density at radius 1 is 0.556 bits per heavy atom. The Morgan fingerprint density at radius 2 is 0.861 bits per heavy atom. The van der Waals surface area contributed by atoms with Crippen LogP contribution in [0.4, 0.5) is 0 Å². The normalized spacial score (nSPS) is 11.5. The zero-order valence-corrected chi connectivity index (χ0v) is 19.4. The van der Waals surface area contributed by atoms with E-state index in [1.165, 1.54) is 72.8 Å². The minimum atomic E-state index is -2.96. The molecule has 0 saturated carbocycles. The summed E-state index contributed by atoms with van der Waals surface area (Å²) in [4.78, 5) is 55.7. The van der Waals surface area contributed by atoms with E-state index in [0.717, 1.165) is 0 Å². The molecule has 0 aliphatic carbocycles. The second-order valence-corrected chi connectivity index (χ2v) is 8.39. The van der Waals surface area contributed by atoms with E-state index in [0.29, 0.717) is 0 Å². The van der Waals surface area contributed by atoms with E-state index in [-0.39, 0.29) is 16.7 Å². The van der Waals surface area contributed by atoms with Gasteiger partial charge in [0.1, 0.15) is 6.61 Å². The topological polar surface area (TPSA) is 138 Å². The third kappa shape index (κ3) is 5.01. The highest BCUT2D eigenvalue weighted by atomic mass is 16.5. The van der Waals surface area contributed by atoms with Gasteiger partial charge in [0.2, 0.25) is 0 Å². The van der Waals surface area contributed by atoms with Gasteiger partial charge in [-0.1, -0.05) is 91.0 Å². The Morgan fingerprint density at radius 3 is 1.14 bits per heavy atom. The highest BCUT2D eigenvalue weighted by Gasteiger charge is 2.60. The molecule has 186 valence electrons. The van der Waals surface area contributed by atoms with Crippen molar-refractivity contribution in [2.75, 3.05) is 26.4 Å². The van der Waals surface area contributed by atoms with Crippen LogP contribution in [0.15, 0.2) is 91.0 Å². The van der Waals surface area contributed by atoms with Crippen molar-refractivity contribution in [1.82, 2.24) is 0 Å². The number of rotatable bonds is 12. The van der Waals surface area contributed by atoms with E-state index in [1.54, 1.807) is 18.2 Å². The van der Waals surface area contributed by atoms with Gasteiger partial charge in [0.15, 0.2) is 17.3 Å². The number of ether oxygens (including phenoxy) is 1. The van der Waals surface area contributed by atoms with Crippen LogP contribution in [0.2, 0.25) is 0 Å². The van der Waals surface area contributed by atoms with Gasteiger partial charge in [-0.25, -0.2) is 4.79 Å². The second kappa shape index (κ2) is 11.6. The molecule has 0 amide bonds. The number of benzene rings is 3. The summed E-state index contributed by atoms with van der Waals surface area (Å²) in [5.74, 6) is -4.73. The van der Waals surface area contributed by atoms with Crippen molar-refractivity contribution in [3.05, 3.63) is 108 Å². The maximum Gasteiger partial charge on any atom is 0.336 e. The number of Topliss-reactive ketones (excluding diaryl/α,β-unsaturated/α-hetero) is 3. The molecule has 0 aromatic heterocycles. The Bertz CT molecular complexity index is 1070. The van der Waals surface area contributed by atoms with Crippen molar-refractivity contribution in [3.8, 4) is 0 Å². The maximum absolute atomic E-state index is 14.0. The molecule has 0 radical (unpaired) electrons. The van der Waals surface area contributed by atoms with Crippen LogP contribution in [0.1, 0.15) is 31.1 Å². The van der Waals surface area contributed by atoms with Crippen LogP contribution in [0.25, 0.3) is 0 Å². The predicted octanol–water partition coefficient (Wildman–Crippen LogP) is 2.13. The lowest BCUT2D eigenvalue weighted by Crippen LogP contribution is -2.54. The molecule has 8 heteroatoms. The third-order valence-electron chi connectivity index (χ3n) is 5.95. The zero-order chi connectivity index (χ0) is 26.2. The van der Waals surface area contributed by atoms with E-state index >= 15 is 0 Å². The minimum Gasteiger partial charge on any atom is -0.463 e. The Labute approximate surface area is 207 Å². The van der Waals surface area contributed by atoms with Gasteiger partial charge in [-0.05, 0) is 0 Å². The van der Waals surface area contributed by atoms with Crippen molar-refractivity contribution in [2.45, 2.75) is 0 Å². The molecule has 0 heterocycles. The lowest BCUT2D eigenvalue weighted by molar-refractivity contribution is -0.155. The lowest BCUT2D eigenvalue weighted by atomic mass is 9.69. The summed E-state index contributed by atoms with van der Waals surface area (Å²) in [6.45, 7) is -3.02. The monoisotopic (exact) mass is 490 g/mol. The Kier molecular flexibility index (Phi) is 8.60. The van der Waals surface area contributed by atoms with Crippen molar-refractivity contribution in [1.29, 1.82) is 0 Å². The molecule has 0 saturated heterocycles. The van der Waals surface area contributed by atoms with Crippen molar-refractivity contribution < 1.29 is 39.2 Å². The third-order valence-corrected chi connectivity index (χ3v) is 5.95. The molecule has 0 unspecified atom stereocenters. The van der Waals surface area contributed by atoms with Gasteiger partial charge in [-0.3, -0.25) is 14.4 Å². The van der Waals surface area contributed by atoms with Crippen molar-refractivity contribution in [2.24, 2.45) is 10.8 Å². The van der Waals surface area contributed by atoms with E-state index < -0.39 is 60.6 Å². The van der Waals surface area contributed by atoms with Gasteiger partial charge >= 0.3 is 5.97 Å². The van der Waals surface area contributed by atoms with E-state index in [9.17, 15) is 34.5 Å². The molecular weight excluding hydrogens is 464 g/mol. The number of hydrogen-bond donors (Lipinski definition) is 3. The molecule has 0 aliphatic rings. The Hall–Kier alpha value is -3.98. The number of aliphatic hydroxyl groups excluding tert-OH is 3. The van der Waals surface area contributed by atoms with Crippen LogP contribution in [0.3, 0.4) is 0 Å². The van der Waals surface area contributed by atoms with Crippen LogP contribution in [-0.2, 0) is 9.53 Å². The minimum absolute atomic E-state index is 0.0687. The molecule has 3 aromatic rings. The summed E-state index contributed by atoms with van der Waals surface area (Å²) in [6.07, 6.45) is 0. The number of aliphatic hydroxyl groups is 3. The van der Waals surface area contributed by atoms with Crippen LogP contribution < -0.4 is 0 Å². The first-order valence-electron chi connectivity index (χ1n) is 11.2. The van der Waals surface area contributed by atoms with E-state index in [4.69, 9.17) is 4.74 Å². The summed E-state index contributed by atoms with van der Waals surface area (Å²) in [5, 5.41) is 28.9. The largest absolute Gasteiger partial charge is 0.463 e. The summed E-state index contributed by atoms with van der Waals surface area (Å²) < 4.78 is 5.29. The average Bonchev–Trinajstić information content (AvgIpc) is 2.95. The van der Waals surface area contributed by atoms with Gasteiger partial charge < -0.3 is 20.1 Å². The molecule has 36 heavy (non-hydrogen) atoms. The summed E-state index contributed by atoms with van der Waals surface area (Å²) in [5.41, 5.74) is -4.82. The molecule has 0 atom stereocenters. The molecule has 8 nitrogen and oxygen atoms in total. The number of ketones is 3. The van der Waals surface area contributed by atoms with Gasteiger partial charge in [-0.2, -0.15) is 0 Å². The van der Waals surface area contributed by atoms with Crippen molar-refractivity contribution in [3.63, 3.8) is 0 Å². The highest BCUT2D eigenvalue weighted by Crippen LogP contribution is 2.35. The fraction of sp³-hybridized carbons (Fsp3) is 0.214. The second-order valence-electron chi connectivity index (χ2n) is 8.39. The predicted molar refractivity (Wildman–Crippen MR) is 129 cm³/mol. The lowest BCUT2D eigenvalue weighted by Gasteiger charge is -2.31. The summed E-state index contributed by atoms with van der Waals surface area (Å²) >= 11 is 0. The standard InChI is InChI=1S/C28H26O8/c29-16-27(17-30,18-31)19-36-26(35)28(23(32)20-10-4-1-5-11-20,24(33)21-12-6-2-7-13-21)25(34)22-14-8-3-9-15-22/h1-15,29-31H,16-19H2. The maximum atomic E-state index is 14.0. The van der Waals surface area contributed by atoms with Crippen LogP contribution in [0.5, 0.6) is 0 Å². The molecule has 3 N–H and O–H groups in total. The molecular formula is C28H26O8. The van der Waals surface area contributed by atoms with Gasteiger partial charge in [-0.15, -0.1) is 0 Å². The first-order valence-corrected chi connectivity index (χ1v) is 11.2. The molecule has 3 aromatic carbocycles. The fourth-order valence-electron chi connectivity index (χ4n) is 3.62. The SMILES string of the molecule is O=C(OCC(CO)(CO)CO)C(C(=O)c1ccccc1)(C(=O)c1ccccc1)C(=O)c1ccccc1. The highest BCUT2D eigenvalue weighted by molar-refractivity contribution is 6.45. The summed E-state index contributed by atoms with van der Waals surface area (Å²) in [6, 6.07) is 22.3. The van der Waals surface area contributed by atoms with Gasteiger partial charge in [0.05, 0.1) is 25.2 Å². The van der Waals surface area contributed by atoms with E-state index in [2.05, 4.69) is 0 Å². The average molecular weight is 491 g/mol. The zero-order valence-electron chi connectivity index (χ0n) is 19.4. The van der Waals surface area contributed by atoms with Gasteiger partial charge in [0.25, 0.3) is 5.41 Å². The van der Waals surface area contributed by atoms with Crippen LogP contribution in [-0.4, -0.2) is 65.1 Å². The van der Waals surface area contributed by atoms with Crippen LogP contribution in [0, 0.1) is 10.8 Å². The van der Waals surface area contributed by atoms with E-state index in [1.807, 2.05) is 0 Å². The number of carbonyl (C=O) groups excluding carboxylic acids is 4. The fourth-order valence-corrected chi connectivity index (χ4v) is 3.62. The first-order chi connectivity index (χ1) is 17.4. The number of esters is 1. The molecule has 0 aliphatic heterocycles. The smallest absolute Gasteiger partial charge is 0.336 e. The number of carbonyl (C=O) groups is 4. The van der Waals surface area contributed by atoms with Gasteiger partial charge in [0, 0.05) is 16.7 Å². The van der Waals surface area contributed by atoms with Crippen LogP contribution >= 0.6 is 0 Å². The number of hydrogen-bond acceptors (Lipinski definition) is 8. The molecule has 0 fully saturated rings. The summed E-state index contributed by atoms with van der Waals surface area (Å²) in [7, 11) is 0. The van der Waals surface area contributed by atoms with Crippen molar-refractivity contribution >= 4 is 23.3 Å². The Balaban J connectivity index is 2.25.